The molecule has 17 heavy (non-hydrogen) atoms. The molecule has 0 aliphatic heterocycles. The fourth-order valence-corrected chi connectivity index (χ4v) is 3.10. The third-order valence-corrected chi connectivity index (χ3v) is 4.43. The van der Waals surface area contributed by atoms with Gasteiger partial charge in [-0.05, 0) is 13.8 Å². The zero-order valence-corrected chi connectivity index (χ0v) is 11.6. The zero-order valence-electron chi connectivity index (χ0n) is 9.19. The lowest BCUT2D eigenvalue weighted by Gasteiger charge is -2.23. The average molecular weight is 285 g/mol. The number of nitrogens with one attached hydrogen (secondary N) is 1. The molecule has 0 aromatic carbocycles. The van der Waals surface area contributed by atoms with Crippen LogP contribution in [0.3, 0.4) is 0 Å². The van der Waals surface area contributed by atoms with E-state index in [1.54, 1.807) is 17.5 Å². The Labute approximate surface area is 112 Å². The van der Waals surface area contributed by atoms with Gasteiger partial charge in [-0.25, -0.2) is 9.97 Å². The van der Waals surface area contributed by atoms with Gasteiger partial charge >= 0.3 is 0 Å². The smallest absolute Gasteiger partial charge is 0.186 e. The summed E-state index contributed by atoms with van der Waals surface area (Å²) in [4.78, 5) is 8.79. The minimum Gasteiger partial charge on any atom is -0.350 e. The Bertz CT molecular complexity index is 553. The van der Waals surface area contributed by atoms with E-state index in [1.807, 2.05) is 25.3 Å². The summed E-state index contributed by atoms with van der Waals surface area (Å²) in [6.07, 6.45) is 1.76. The van der Waals surface area contributed by atoms with Crippen molar-refractivity contribution in [2.45, 2.75) is 19.4 Å². The molecule has 0 aliphatic rings. The molecule has 2 heterocycles. The second kappa shape index (κ2) is 4.61. The van der Waals surface area contributed by atoms with Gasteiger partial charge in [0.1, 0.15) is 16.0 Å². The number of thiazole rings is 2. The second-order valence-corrected chi connectivity index (χ2v) is 6.09. The van der Waals surface area contributed by atoms with Crippen molar-refractivity contribution in [3.05, 3.63) is 26.6 Å². The van der Waals surface area contributed by atoms with Crippen LogP contribution in [0, 0.1) is 11.3 Å². The third-order valence-electron chi connectivity index (χ3n) is 2.07. The highest BCUT2D eigenvalue weighted by atomic mass is 35.5. The molecule has 0 atom stereocenters. The molecule has 2 aromatic heterocycles. The number of hydrogen-bond acceptors (Lipinski definition) is 6. The Hall–Kier alpha value is -1.16. The molecule has 0 radical (unpaired) electrons. The van der Waals surface area contributed by atoms with Crippen LogP contribution < -0.4 is 5.32 Å². The van der Waals surface area contributed by atoms with Crippen molar-refractivity contribution in [2.24, 2.45) is 0 Å². The van der Waals surface area contributed by atoms with E-state index in [4.69, 9.17) is 16.9 Å². The summed E-state index contributed by atoms with van der Waals surface area (Å²) in [5.41, 5.74) is -0.331. The topological polar surface area (TPSA) is 61.6 Å². The minimum absolute atomic E-state index is 0.245. The average Bonchev–Trinajstić information content (AvgIpc) is 2.86. The van der Waals surface area contributed by atoms with Crippen molar-refractivity contribution >= 4 is 39.4 Å². The lowest BCUT2D eigenvalue weighted by molar-refractivity contribution is 0.603. The number of hydrogen-bond donors (Lipinski definition) is 1. The van der Waals surface area contributed by atoms with Gasteiger partial charge in [-0.2, -0.15) is 5.26 Å². The number of rotatable bonds is 3. The molecular weight excluding hydrogens is 276 g/mol. The molecule has 0 saturated carbocycles. The van der Waals surface area contributed by atoms with Crippen LogP contribution in [0.25, 0.3) is 0 Å². The maximum Gasteiger partial charge on any atom is 0.186 e. The first-order valence-electron chi connectivity index (χ1n) is 4.77. The molecule has 0 unspecified atom stereocenters. The Morgan fingerprint density at radius 3 is 2.82 bits per heavy atom. The molecule has 88 valence electrons. The van der Waals surface area contributed by atoms with Gasteiger partial charge in [0.25, 0.3) is 0 Å². The SMILES string of the molecule is CC(C)(Nc1nc(Cl)c(C#N)s1)c1nccs1. The molecular formula is C10H9ClN4S2. The Morgan fingerprint density at radius 1 is 1.53 bits per heavy atom. The van der Waals surface area contributed by atoms with E-state index in [0.29, 0.717) is 10.0 Å². The van der Waals surface area contributed by atoms with Gasteiger partial charge in [-0.1, -0.05) is 22.9 Å². The van der Waals surface area contributed by atoms with E-state index in [-0.39, 0.29) is 10.7 Å². The van der Waals surface area contributed by atoms with Crippen LogP contribution in [0.4, 0.5) is 5.13 Å². The number of aromatic nitrogens is 2. The minimum atomic E-state index is -0.331. The van der Waals surface area contributed by atoms with Crippen molar-refractivity contribution in [1.29, 1.82) is 5.26 Å². The quantitative estimate of drug-likeness (QED) is 0.937. The van der Waals surface area contributed by atoms with Gasteiger partial charge in [0.15, 0.2) is 10.3 Å². The van der Waals surface area contributed by atoms with Gasteiger partial charge in [-0.15, -0.1) is 11.3 Å². The van der Waals surface area contributed by atoms with Gasteiger partial charge < -0.3 is 5.32 Å². The van der Waals surface area contributed by atoms with Crippen molar-refractivity contribution < 1.29 is 0 Å². The van der Waals surface area contributed by atoms with Crippen molar-refractivity contribution in [3.8, 4) is 6.07 Å². The van der Waals surface area contributed by atoms with E-state index < -0.39 is 0 Å². The largest absolute Gasteiger partial charge is 0.350 e. The normalized spacial score (nSPS) is 11.2. The van der Waals surface area contributed by atoms with Crippen molar-refractivity contribution in [2.75, 3.05) is 5.32 Å². The molecule has 0 saturated heterocycles. The van der Waals surface area contributed by atoms with Crippen LogP contribution in [-0.4, -0.2) is 9.97 Å². The van der Waals surface area contributed by atoms with Gasteiger partial charge in [-0.3, -0.25) is 0 Å². The summed E-state index contributed by atoms with van der Waals surface area (Å²) < 4.78 is 0. The zero-order chi connectivity index (χ0) is 12.5. The van der Waals surface area contributed by atoms with Crippen LogP contribution in [-0.2, 0) is 5.54 Å². The summed E-state index contributed by atoms with van der Waals surface area (Å²) in [6, 6.07) is 2.01. The van der Waals surface area contributed by atoms with Crippen LogP contribution in [0.1, 0.15) is 23.7 Å². The maximum atomic E-state index is 8.81. The number of nitrogens with zero attached hydrogens (tertiary/aromatic N) is 3. The summed E-state index contributed by atoms with van der Waals surface area (Å²) in [5.74, 6) is 0. The Kier molecular flexibility index (Phi) is 3.33. The molecule has 4 nitrogen and oxygen atoms in total. The number of nitriles is 1. The first-order chi connectivity index (χ1) is 8.03. The number of halogens is 1. The summed E-state index contributed by atoms with van der Waals surface area (Å²) in [6.45, 7) is 4.01. The Morgan fingerprint density at radius 2 is 2.29 bits per heavy atom. The van der Waals surface area contributed by atoms with Crippen molar-refractivity contribution in [1.82, 2.24) is 9.97 Å². The van der Waals surface area contributed by atoms with E-state index in [1.165, 1.54) is 11.3 Å². The van der Waals surface area contributed by atoms with Crippen LogP contribution >= 0.6 is 34.3 Å². The van der Waals surface area contributed by atoms with Gasteiger partial charge in [0, 0.05) is 11.6 Å². The maximum absolute atomic E-state index is 8.81. The lowest BCUT2D eigenvalue weighted by Crippen LogP contribution is -2.27. The highest BCUT2D eigenvalue weighted by Gasteiger charge is 2.25. The standard InChI is InChI=1S/C10H9ClN4S2/c1-10(2,8-13-3-4-16-8)15-9-14-7(11)6(5-12)17-9/h3-4H,1-2H3,(H,14,15). The fourth-order valence-electron chi connectivity index (χ4n) is 1.28. The first kappa shape index (κ1) is 12.3. The van der Waals surface area contributed by atoms with E-state index >= 15 is 0 Å². The molecule has 0 fully saturated rings. The molecule has 2 aromatic rings. The highest BCUT2D eigenvalue weighted by Crippen LogP contribution is 2.32. The lowest BCUT2D eigenvalue weighted by atomic mass is 10.1. The highest BCUT2D eigenvalue weighted by molar-refractivity contribution is 7.16. The first-order valence-corrected chi connectivity index (χ1v) is 6.85. The predicted octanol–water partition coefficient (Wildman–Crippen LogP) is 3.47. The predicted molar refractivity (Wildman–Crippen MR) is 70.6 cm³/mol. The van der Waals surface area contributed by atoms with E-state index in [0.717, 1.165) is 5.01 Å². The van der Waals surface area contributed by atoms with E-state index in [2.05, 4.69) is 15.3 Å². The summed E-state index contributed by atoms with van der Waals surface area (Å²) in [7, 11) is 0. The van der Waals surface area contributed by atoms with Gasteiger partial charge in [0.05, 0.1) is 5.54 Å². The molecule has 0 aliphatic carbocycles. The monoisotopic (exact) mass is 284 g/mol. The van der Waals surface area contributed by atoms with Crippen molar-refractivity contribution in [3.63, 3.8) is 0 Å². The molecule has 1 N–H and O–H groups in total. The number of anilines is 1. The molecule has 0 spiro atoms. The van der Waals surface area contributed by atoms with Crippen LogP contribution in [0.5, 0.6) is 0 Å². The molecule has 0 bridgehead atoms. The summed E-state index contributed by atoms with van der Waals surface area (Å²) in [5, 5.41) is 15.8. The Balaban J connectivity index is 2.23. The van der Waals surface area contributed by atoms with Gasteiger partial charge in [0.2, 0.25) is 0 Å². The summed E-state index contributed by atoms with van der Waals surface area (Å²) >= 11 is 8.64. The fraction of sp³-hybridized carbons (Fsp3) is 0.300. The molecule has 2 rings (SSSR count). The second-order valence-electron chi connectivity index (χ2n) is 3.84. The molecule has 7 heteroatoms. The van der Waals surface area contributed by atoms with Crippen LogP contribution in [0.15, 0.2) is 11.6 Å². The third kappa shape index (κ3) is 2.57. The van der Waals surface area contributed by atoms with Crippen LogP contribution in [0.2, 0.25) is 5.15 Å². The molecule has 0 amide bonds. The van der Waals surface area contributed by atoms with E-state index in [9.17, 15) is 0 Å².